The molecule has 5 nitrogen and oxygen atoms in total. The van der Waals surface area contributed by atoms with Gasteiger partial charge in [-0.25, -0.2) is 4.98 Å². The molecular formula is C14H12ClF3N4O. The Kier molecular flexibility index (Phi) is 3.93. The molecule has 0 spiro atoms. The molecule has 2 aromatic rings. The summed E-state index contributed by atoms with van der Waals surface area (Å²) in [5.41, 5.74) is -0.915. The molecule has 1 fully saturated rings. The summed E-state index contributed by atoms with van der Waals surface area (Å²) in [5, 5.41) is 15.5. The van der Waals surface area contributed by atoms with E-state index in [-0.39, 0.29) is 29.2 Å². The lowest BCUT2D eigenvalue weighted by atomic mass is 10.3. The first-order chi connectivity index (χ1) is 10.8. The van der Waals surface area contributed by atoms with Crippen LogP contribution in [0, 0.1) is 0 Å². The first kappa shape index (κ1) is 15.7. The van der Waals surface area contributed by atoms with Crippen LogP contribution < -0.4 is 10.6 Å². The van der Waals surface area contributed by atoms with Crippen LogP contribution in [-0.4, -0.2) is 21.1 Å². The topological polar surface area (TPSA) is 70.1 Å². The molecule has 1 heterocycles. The number of aromatic hydroxyl groups is 1. The van der Waals surface area contributed by atoms with Crippen LogP contribution in [0.15, 0.2) is 24.3 Å². The first-order valence-electron chi connectivity index (χ1n) is 6.79. The van der Waals surface area contributed by atoms with E-state index in [0.29, 0.717) is 5.02 Å². The zero-order valence-electron chi connectivity index (χ0n) is 11.7. The van der Waals surface area contributed by atoms with Crippen molar-refractivity contribution in [3.63, 3.8) is 0 Å². The van der Waals surface area contributed by atoms with Gasteiger partial charge in [0, 0.05) is 17.1 Å². The molecule has 1 aromatic heterocycles. The molecule has 0 saturated heterocycles. The maximum Gasteiger partial charge on any atom is 0.433 e. The number of hydrogen-bond acceptors (Lipinski definition) is 5. The second kappa shape index (κ2) is 5.77. The Bertz CT molecular complexity index is 734. The number of phenolic OH excluding ortho intramolecular Hbond substituents is 1. The predicted molar refractivity (Wildman–Crippen MR) is 80.1 cm³/mol. The Balaban J connectivity index is 1.94. The summed E-state index contributed by atoms with van der Waals surface area (Å²) in [7, 11) is 0. The van der Waals surface area contributed by atoms with Gasteiger partial charge in [0.2, 0.25) is 5.95 Å². The molecule has 1 saturated carbocycles. The summed E-state index contributed by atoms with van der Waals surface area (Å²) >= 11 is 5.82. The Labute approximate surface area is 134 Å². The van der Waals surface area contributed by atoms with Gasteiger partial charge >= 0.3 is 6.18 Å². The van der Waals surface area contributed by atoms with E-state index in [1.807, 2.05) is 0 Å². The lowest BCUT2D eigenvalue weighted by Gasteiger charge is -2.13. The minimum Gasteiger partial charge on any atom is -0.506 e. The highest BCUT2D eigenvalue weighted by Crippen LogP contribution is 2.33. The van der Waals surface area contributed by atoms with Crippen molar-refractivity contribution in [3.8, 4) is 5.75 Å². The average molecular weight is 345 g/mol. The van der Waals surface area contributed by atoms with Gasteiger partial charge in [-0.15, -0.1) is 0 Å². The number of benzene rings is 1. The highest BCUT2D eigenvalue weighted by molar-refractivity contribution is 6.30. The van der Waals surface area contributed by atoms with Gasteiger partial charge in [-0.3, -0.25) is 0 Å². The number of phenols is 1. The quantitative estimate of drug-likeness (QED) is 0.726. The van der Waals surface area contributed by atoms with Gasteiger partial charge in [-0.05, 0) is 31.0 Å². The van der Waals surface area contributed by atoms with Crippen LogP contribution in [0.4, 0.5) is 30.6 Å². The molecule has 3 rings (SSSR count). The molecule has 0 unspecified atom stereocenters. The van der Waals surface area contributed by atoms with E-state index in [1.165, 1.54) is 18.2 Å². The minimum absolute atomic E-state index is 0.0898. The summed E-state index contributed by atoms with van der Waals surface area (Å²) in [4.78, 5) is 7.50. The van der Waals surface area contributed by atoms with E-state index < -0.39 is 11.9 Å². The lowest BCUT2D eigenvalue weighted by molar-refractivity contribution is -0.141. The van der Waals surface area contributed by atoms with Crippen molar-refractivity contribution >= 4 is 29.1 Å². The van der Waals surface area contributed by atoms with Crippen LogP contribution in [-0.2, 0) is 6.18 Å². The zero-order chi connectivity index (χ0) is 16.6. The first-order valence-corrected chi connectivity index (χ1v) is 7.17. The Morgan fingerprint density at radius 3 is 2.57 bits per heavy atom. The highest BCUT2D eigenvalue weighted by atomic mass is 35.5. The molecule has 3 N–H and O–H groups in total. The molecule has 23 heavy (non-hydrogen) atoms. The van der Waals surface area contributed by atoms with Gasteiger partial charge in [-0.2, -0.15) is 18.2 Å². The number of hydrogen-bond donors (Lipinski definition) is 3. The van der Waals surface area contributed by atoms with Gasteiger partial charge in [0.05, 0.1) is 5.69 Å². The van der Waals surface area contributed by atoms with Crippen molar-refractivity contribution < 1.29 is 18.3 Å². The van der Waals surface area contributed by atoms with Crippen LogP contribution in [0.3, 0.4) is 0 Å². The molecule has 1 aliphatic carbocycles. The number of nitrogens with one attached hydrogen (secondary N) is 2. The van der Waals surface area contributed by atoms with Crippen molar-refractivity contribution in [2.75, 3.05) is 10.6 Å². The average Bonchev–Trinajstić information content (AvgIpc) is 3.26. The van der Waals surface area contributed by atoms with E-state index in [2.05, 4.69) is 20.6 Å². The van der Waals surface area contributed by atoms with E-state index in [1.54, 1.807) is 0 Å². The molecule has 122 valence electrons. The fourth-order valence-electron chi connectivity index (χ4n) is 1.88. The lowest BCUT2D eigenvalue weighted by Crippen LogP contribution is -2.14. The number of alkyl halides is 3. The summed E-state index contributed by atoms with van der Waals surface area (Å²) in [6.07, 6.45) is -2.86. The molecule has 0 radical (unpaired) electrons. The van der Waals surface area contributed by atoms with Gasteiger partial charge < -0.3 is 15.7 Å². The number of halogens is 4. The largest absolute Gasteiger partial charge is 0.506 e. The smallest absolute Gasteiger partial charge is 0.433 e. The number of anilines is 3. The Hall–Kier alpha value is -2.22. The van der Waals surface area contributed by atoms with E-state index in [0.717, 1.165) is 18.9 Å². The monoisotopic (exact) mass is 344 g/mol. The number of rotatable bonds is 4. The third-order valence-electron chi connectivity index (χ3n) is 3.15. The van der Waals surface area contributed by atoms with Gasteiger partial charge in [0.1, 0.15) is 11.6 Å². The van der Waals surface area contributed by atoms with Crippen molar-refractivity contribution in [2.24, 2.45) is 0 Å². The summed E-state index contributed by atoms with van der Waals surface area (Å²) in [6, 6.07) is 5.06. The fourth-order valence-corrected chi connectivity index (χ4v) is 2.05. The third kappa shape index (κ3) is 3.95. The van der Waals surface area contributed by atoms with Crippen LogP contribution in [0.2, 0.25) is 5.02 Å². The molecule has 1 aromatic carbocycles. The maximum absolute atomic E-state index is 13.0. The van der Waals surface area contributed by atoms with E-state index in [4.69, 9.17) is 11.6 Å². The summed E-state index contributed by atoms with van der Waals surface area (Å²) < 4.78 is 38.9. The third-order valence-corrected chi connectivity index (χ3v) is 3.38. The molecule has 9 heteroatoms. The highest BCUT2D eigenvalue weighted by Gasteiger charge is 2.34. The van der Waals surface area contributed by atoms with E-state index in [9.17, 15) is 18.3 Å². The predicted octanol–water partition coefficient (Wildman–Crippen LogP) is 4.17. The Morgan fingerprint density at radius 2 is 1.91 bits per heavy atom. The summed E-state index contributed by atoms with van der Waals surface area (Å²) in [6.45, 7) is 0. The normalized spacial score (nSPS) is 14.6. The van der Waals surface area contributed by atoms with Crippen molar-refractivity contribution in [3.05, 3.63) is 35.0 Å². The van der Waals surface area contributed by atoms with Crippen LogP contribution in [0.5, 0.6) is 5.75 Å². The molecule has 0 bridgehead atoms. The van der Waals surface area contributed by atoms with Crippen molar-refractivity contribution in [1.82, 2.24) is 9.97 Å². The van der Waals surface area contributed by atoms with Crippen LogP contribution in [0.25, 0.3) is 0 Å². The second-order valence-corrected chi connectivity index (χ2v) is 5.60. The molecular weight excluding hydrogens is 333 g/mol. The standard InChI is InChI=1S/C14H12ClF3N4O/c15-7-1-4-10(23)9(5-7)20-12-6-11(14(16,17)18)21-13(22-12)19-8-2-3-8/h1,4-6,8,23H,2-3H2,(H2,19,20,21,22). The minimum atomic E-state index is -4.60. The van der Waals surface area contributed by atoms with Crippen LogP contribution in [0.1, 0.15) is 18.5 Å². The molecule has 0 amide bonds. The van der Waals surface area contributed by atoms with Crippen molar-refractivity contribution in [2.45, 2.75) is 25.1 Å². The SMILES string of the molecule is Oc1ccc(Cl)cc1Nc1cc(C(F)(F)F)nc(NC2CC2)n1. The molecule has 0 aliphatic heterocycles. The van der Waals surface area contributed by atoms with Gasteiger partial charge in [-0.1, -0.05) is 11.6 Å². The van der Waals surface area contributed by atoms with Crippen molar-refractivity contribution in [1.29, 1.82) is 0 Å². The number of aromatic nitrogens is 2. The molecule has 0 atom stereocenters. The Morgan fingerprint density at radius 1 is 1.17 bits per heavy atom. The van der Waals surface area contributed by atoms with Gasteiger partial charge in [0.25, 0.3) is 0 Å². The van der Waals surface area contributed by atoms with Crippen LogP contribution >= 0.6 is 11.6 Å². The zero-order valence-corrected chi connectivity index (χ0v) is 12.4. The summed E-state index contributed by atoms with van der Waals surface area (Å²) in [5.74, 6) is -0.349. The second-order valence-electron chi connectivity index (χ2n) is 5.16. The fraction of sp³-hybridized carbons (Fsp3) is 0.286. The number of nitrogens with zero attached hydrogens (tertiary/aromatic N) is 2. The van der Waals surface area contributed by atoms with E-state index >= 15 is 0 Å². The molecule has 1 aliphatic rings. The maximum atomic E-state index is 13.0. The van der Waals surface area contributed by atoms with Gasteiger partial charge in [0.15, 0.2) is 5.69 Å².